The largest absolute Gasteiger partial charge is 0.472 e. The number of esters is 3. The van der Waals surface area contributed by atoms with Gasteiger partial charge in [0.1, 0.15) is 12.7 Å². The van der Waals surface area contributed by atoms with Gasteiger partial charge in [0, 0.05) is 19.3 Å². The molecule has 68 heavy (non-hydrogen) atoms. The Kier molecular flexibility index (Phi) is 49.3. The number of hydrogen-bond acceptors (Lipinski definition) is 10. The Morgan fingerprint density at radius 3 is 1.07 bits per heavy atom. The summed E-state index contributed by atoms with van der Waals surface area (Å²) in [6.07, 6.45) is 51.1. The summed E-state index contributed by atoms with van der Waals surface area (Å²) >= 11 is 0. The van der Waals surface area contributed by atoms with Gasteiger partial charge in [0.15, 0.2) is 6.10 Å². The summed E-state index contributed by atoms with van der Waals surface area (Å²) in [4.78, 5) is 48.4. The zero-order valence-corrected chi connectivity index (χ0v) is 44.7. The summed E-state index contributed by atoms with van der Waals surface area (Å²) in [5.74, 6) is -1.48. The van der Waals surface area contributed by atoms with Crippen molar-refractivity contribution in [2.45, 2.75) is 277 Å². The van der Waals surface area contributed by atoms with Crippen LogP contribution in [0.5, 0.6) is 0 Å². The van der Waals surface area contributed by atoms with E-state index in [1.807, 2.05) is 0 Å². The number of aliphatic hydroxyl groups excluding tert-OH is 1. The lowest BCUT2D eigenvalue weighted by molar-refractivity contribution is -0.161. The SMILES string of the molecule is CCCC/C=C\CCCCCCCC(=O)OCC(COP(=O)(O)OCC(CO)OC(=O)CCCCCCC/C=C\CCCCCC)OC(=O)CCCCCCCCC/C=C\CCCCCCCC. The molecule has 0 saturated carbocycles. The molecule has 0 aliphatic carbocycles. The Balaban J connectivity index is 4.70. The zero-order valence-electron chi connectivity index (χ0n) is 43.8. The minimum absolute atomic E-state index is 0.163. The highest BCUT2D eigenvalue weighted by molar-refractivity contribution is 7.47. The van der Waals surface area contributed by atoms with E-state index < -0.39 is 57.8 Å². The quantitative estimate of drug-likeness (QED) is 0.0197. The van der Waals surface area contributed by atoms with Gasteiger partial charge in [-0.3, -0.25) is 23.4 Å². The third kappa shape index (κ3) is 48.7. The predicted molar refractivity (Wildman–Crippen MR) is 279 cm³/mol. The van der Waals surface area contributed by atoms with Gasteiger partial charge in [-0.15, -0.1) is 0 Å². The van der Waals surface area contributed by atoms with Crippen molar-refractivity contribution < 1.29 is 52.2 Å². The number of allylic oxidation sites excluding steroid dienone is 6. The molecule has 0 saturated heterocycles. The van der Waals surface area contributed by atoms with Crippen LogP contribution in [0.4, 0.5) is 0 Å². The molecule has 0 spiro atoms. The second kappa shape index (κ2) is 51.1. The topological polar surface area (TPSA) is 155 Å². The van der Waals surface area contributed by atoms with E-state index in [0.717, 1.165) is 103 Å². The zero-order chi connectivity index (χ0) is 49.9. The highest BCUT2D eigenvalue weighted by Crippen LogP contribution is 2.43. The van der Waals surface area contributed by atoms with Crippen LogP contribution < -0.4 is 0 Å². The second-order valence-electron chi connectivity index (χ2n) is 18.7. The maximum absolute atomic E-state index is 12.9. The molecule has 0 radical (unpaired) electrons. The third-order valence-electron chi connectivity index (χ3n) is 12.0. The summed E-state index contributed by atoms with van der Waals surface area (Å²) in [5.41, 5.74) is 0. The molecular formula is C56H103O11P. The molecule has 0 aromatic carbocycles. The Labute approximate surface area is 416 Å². The molecule has 0 amide bonds. The predicted octanol–water partition coefficient (Wildman–Crippen LogP) is 16.0. The maximum atomic E-state index is 12.9. The number of ether oxygens (including phenoxy) is 3. The first-order chi connectivity index (χ1) is 33.2. The van der Waals surface area contributed by atoms with Gasteiger partial charge in [0.2, 0.25) is 0 Å². The minimum atomic E-state index is -4.74. The van der Waals surface area contributed by atoms with Gasteiger partial charge in [-0.25, -0.2) is 4.57 Å². The lowest BCUT2D eigenvalue weighted by atomic mass is 10.1. The lowest BCUT2D eigenvalue weighted by Gasteiger charge is -2.21. The number of phosphoric ester groups is 1. The van der Waals surface area contributed by atoms with Crippen molar-refractivity contribution in [3.05, 3.63) is 36.5 Å². The summed E-state index contributed by atoms with van der Waals surface area (Å²) in [6, 6.07) is 0. The van der Waals surface area contributed by atoms with Crippen LogP contribution in [0.1, 0.15) is 265 Å². The van der Waals surface area contributed by atoms with Gasteiger partial charge in [0.05, 0.1) is 19.8 Å². The van der Waals surface area contributed by atoms with Crippen LogP contribution in [0.15, 0.2) is 36.5 Å². The average Bonchev–Trinajstić information content (AvgIpc) is 3.32. The third-order valence-corrected chi connectivity index (χ3v) is 13.0. The molecule has 12 heteroatoms. The number of carbonyl (C=O) groups is 3. The Hall–Kier alpha value is -2.30. The fraction of sp³-hybridized carbons (Fsp3) is 0.839. The van der Waals surface area contributed by atoms with Crippen molar-refractivity contribution in [3.63, 3.8) is 0 Å². The molecule has 0 aliphatic rings. The van der Waals surface area contributed by atoms with Crippen LogP contribution in [-0.4, -0.2) is 66.5 Å². The van der Waals surface area contributed by atoms with E-state index in [0.29, 0.717) is 19.3 Å². The van der Waals surface area contributed by atoms with E-state index in [9.17, 15) is 28.9 Å². The highest BCUT2D eigenvalue weighted by Gasteiger charge is 2.28. The summed E-state index contributed by atoms with van der Waals surface area (Å²) in [5, 5.41) is 9.78. The molecule has 3 atom stereocenters. The Bertz CT molecular complexity index is 1280. The van der Waals surface area contributed by atoms with Crippen molar-refractivity contribution in [2.24, 2.45) is 0 Å². The van der Waals surface area contributed by atoms with E-state index in [-0.39, 0.29) is 25.9 Å². The van der Waals surface area contributed by atoms with Gasteiger partial charge in [-0.1, -0.05) is 192 Å². The molecule has 0 heterocycles. The first-order valence-electron chi connectivity index (χ1n) is 27.9. The van der Waals surface area contributed by atoms with Crippen LogP contribution in [0.3, 0.4) is 0 Å². The number of unbranched alkanes of at least 4 members (excludes halogenated alkanes) is 29. The summed E-state index contributed by atoms with van der Waals surface area (Å²) in [7, 11) is -4.74. The molecule has 398 valence electrons. The molecule has 2 N–H and O–H groups in total. The smallest absolute Gasteiger partial charge is 0.462 e. The summed E-state index contributed by atoms with van der Waals surface area (Å²) in [6.45, 7) is 4.58. The Morgan fingerprint density at radius 2 is 0.691 bits per heavy atom. The first-order valence-corrected chi connectivity index (χ1v) is 29.4. The number of phosphoric acid groups is 1. The van der Waals surface area contributed by atoms with Crippen LogP contribution >= 0.6 is 7.82 Å². The van der Waals surface area contributed by atoms with Gasteiger partial charge >= 0.3 is 25.7 Å². The second-order valence-corrected chi connectivity index (χ2v) is 20.2. The van der Waals surface area contributed by atoms with Crippen molar-refractivity contribution in [2.75, 3.05) is 26.4 Å². The number of rotatable bonds is 52. The maximum Gasteiger partial charge on any atom is 0.472 e. The monoisotopic (exact) mass is 983 g/mol. The van der Waals surface area contributed by atoms with Crippen LogP contribution in [-0.2, 0) is 42.2 Å². The average molecular weight is 983 g/mol. The molecule has 11 nitrogen and oxygen atoms in total. The first kappa shape index (κ1) is 65.7. The fourth-order valence-corrected chi connectivity index (χ4v) is 8.46. The molecule has 0 aromatic rings. The van der Waals surface area contributed by atoms with Crippen LogP contribution in [0.2, 0.25) is 0 Å². The van der Waals surface area contributed by atoms with E-state index in [1.165, 1.54) is 103 Å². The molecule has 0 aromatic heterocycles. The van der Waals surface area contributed by atoms with Crippen molar-refractivity contribution in [1.29, 1.82) is 0 Å². The standard InChI is InChI=1S/C56H103O11P/c1-4-7-10-13-16-19-22-24-25-26-27-29-32-35-38-41-44-47-56(60)67-53(49-63-54(58)45-42-39-36-33-30-21-18-15-12-9-6-3)51-65-68(61,62)64-50-52(48-57)66-55(59)46-43-40-37-34-31-28-23-20-17-14-11-8-5-2/h15,18,20,23-25,52-53,57H,4-14,16-17,19,21-22,26-51H2,1-3H3,(H,61,62)/b18-15-,23-20-,25-24-. The molecule has 0 rings (SSSR count). The molecule has 3 unspecified atom stereocenters. The van der Waals surface area contributed by atoms with E-state index in [2.05, 4.69) is 57.2 Å². The van der Waals surface area contributed by atoms with Gasteiger partial charge < -0.3 is 24.2 Å². The van der Waals surface area contributed by atoms with E-state index in [4.69, 9.17) is 23.3 Å². The van der Waals surface area contributed by atoms with Crippen molar-refractivity contribution in [1.82, 2.24) is 0 Å². The number of aliphatic hydroxyl groups is 1. The lowest BCUT2D eigenvalue weighted by Crippen LogP contribution is -2.30. The number of hydrogen-bond donors (Lipinski definition) is 2. The normalized spacial score (nSPS) is 13.7. The number of carbonyl (C=O) groups excluding carboxylic acids is 3. The highest BCUT2D eigenvalue weighted by atomic mass is 31.2. The van der Waals surface area contributed by atoms with Gasteiger partial charge in [-0.05, 0) is 89.9 Å². The van der Waals surface area contributed by atoms with Gasteiger partial charge in [0.25, 0.3) is 0 Å². The van der Waals surface area contributed by atoms with Gasteiger partial charge in [-0.2, -0.15) is 0 Å². The minimum Gasteiger partial charge on any atom is -0.462 e. The van der Waals surface area contributed by atoms with Crippen LogP contribution in [0, 0.1) is 0 Å². The van der Waals surface area contributed by atoms with Crippen LogP contribution in [0.25, 0.3) is 0 Å². The van der Waals surface area contributed by atoms with E-state index in [1.54, 1.807) is 0 Å². The molecule has 0 fully saturated rings. The van der Waals surface area contributed by atoms with Crippen molar-refractivity contribution in [3.8, 4) is 0 Å². The Morgan fingerprint density at radius 1 is 0.397 bits per heavy atom. The van der Waals surface area contributed by atoms with E-state index >= 15 is 0 Å². The van der Waals surface area contributed by atoms with Crippen molar-refractivity contribution >= 4 is 25.7 Å². The molecule has 0 aliphatic heterocycles. The fourth-order valence-electron chi connectivity index (χ4n) is 7.68. The molecule has 0 bridgehead atoms. The summed E-state index contributed by atoms with van der Waals surface area (Å²) < 4.78 is 39.4. The molecular weight excluding hydrogens is 880 g/mol.